The number of ether oxygens (including phenoxy) is 1. The fraction of sp³-hybridized carbons (Fsp3) is 0.615. The molecule has 6 heteroatoms. The molecule has 0 amide bonds. The van der Waals surface area contributed by atoms with E-state index in [1.807, 2.05) is 19.9 Å². The third-order valence-corrected chi connectivity index (χ3v) is 4.53. The Morgan fingerprint density at radius 2 is 2.11 bits per heavy atom. The number of rotatable bonds is 5. The Morgan fingerprint density at radius 1 is 1.47 bits per heavy atom. The maximum Gasteiger partial charge on any atom is 0.326 e. The van der Waals surface area contributed by atoms with Crippen molar-refractivity contribution in [2.75, 3.05) is 13.3 Å². The fourth-order valence-electron chi connectivity index (χ4n) is 2.48. The molecule has 0 aromatic rings. The predicted molar refractivity (Wildman–Crippen MR) is 72.7 cm³/mol. The highest BCUT2D eigenvalue weighted by Gasteiger charge is 2.45. The molecular weight excluding hydrogens is 267 g/mol. The summed E-state index contributed by atoms with van der Waals surface area (Å²) in [4.78, 5) is 30.5. The van der Waals surface area contributed by atoms with Gasteiger partial charge in [0.05, 0.1) is 18.7 Å². The first-order valence-electron chi connectivity index (χ1n) is 6.32. The molecule has 1 aliphatic carbocycles. The molecule has 0 fully saturated rings. The van der Waals surface area contributed by atoms with Crippen LogP contribution in [0.4, 0.5) is 0 Å². The van der Waals surface area contributed by atoms with E-state index in [0.29, 0.717) is 6.42 Å². The summed E-state index contributed by atoms with van der Waals surface area (Å²) >= 11 is 0. The molecule has 2 unspecified atom stereocenters. The van der Waals surface area contributed by atoms with E-state index in [4.69, 9.17) is 4.74 Å². The summed E-state index contributed by atoms with van der Waals surface area (Å²) in [6, 6.07) is 0. The number of hydrogen-bond acceptors (Lipinski definition) is 3. The van der Waals surface area contributed by atoms with Crippen LogP contribution in [0.2, 0.25) is 0 Å². The maximum absolute atomic E-state index is 12.1. The normalized spacial score (nSPS) is 27.0. The van der Waals surface area contributed by atoms with Gasteiger partial charge in [0, 0.05) is 5.92 Å². The van der Waals surface area contributed by atoms with E-state index >= 15 is 0 Å². The molecule has 0 bridgehead atoms. The van der Waals surface area contributed by atoms with Crippen LogP contribution in [0, 0.1) is 11.3 Å². The summed E-state index contributed by atoms with van der Waals surface area (Å²) < 4.78 is 16.1. The van der Waals surface area contributed by atoms with Gasteiger partial charge in [0.1, 0.15) is 0 Å². The van der Waals surface area contributed by atoms with E-state index in [2.05, 4.69) is 0 Å². The summed E-state index contributed by atoms with van der Waals surface area (Å²) in [5, 5.41) is 0. The Labute approximate surface area is 113 Å². The van der Waals surface area contributed by atoms with Crippen molar-refractivity contribution in [2.24, 2.45) is 11.3 Å². The molecule has 0 heterocycles. The van der Waals surface area contributed by atoms with Crippen molar-refractivity contribution in [3.05, 3.63) is 23.8 Å². The summed E-state index contributed by atoms with van der Waals surface area (Å²) in [5.74, 6) is -0.984. The largest absolute Gasteiger partial charge is 0.468 e. The Hall–Kier alpha value is -0.900. The van der Waals surface area contributed by atoms with Crippen LogP contribution in [-0.4, -0.2) is 29.0 Å². The molecule has 1 rings (SSSR count). The van der Waals surface area contributed by atoms with Crippen LogP contribution in [-0.2, 0) is 14.1 Å². The smallest absolute Gasteiger partial charge is 0.326 e. The molecular formula is C13H21O5P. The molecule has 19 heavy (non-hydrogen) atoms. The van der Waals surface area contributed by atoms with Crippen molar-refractivity contribution in [1.82, 2.24) is 0 Å². The molecule has 2 atom stereocenters. The molecule has 0 radical (unpaired) electrons. The minimum absolute atomic E-state index is 0.343. The second-order valence-corrected chi connectivity index (χ2v) is 6.46. The van der Waals surface area contributed by atoms with Gasteiger partial charge in [-0.05, 0) is 12.8 Å². The quantitative estimate of drug-likeness (QED) is 0.599. The van der Waals surface area contributed by atoms with Gasteiger partial charge in [0.15, 0.2) is 0 Å². The molecule has 1 aliphatic rings. The SMILES string of the molecule is CCC1=CC(CP(=O)(O)O)C(CC)(C(=O)OC)C=C1. The minimum atomic E-state index is -4.20. The monoisotopic (exact) mass is 288 g/mol. The third-order valence-electron chi connectivity index (χ3n) is 3.66. The molecule has 5 nitrogen and oxygen atoms in total. The van der Waals surface area contributed by atoms with Crippen molar-refractivity contribution in [3.63, 3.8) is 0 Å². The van der Waals surface area contributed by atoms with Crippen LogP contribution in [0.3, 0.4) is 0 Å². The van der Waals surface area contributed by atoms with E-state index in [0.717, 1.165) is 12.0 Å². The molecule has 2 N–H and O–H groups in total. The first kappa shape index (κ1) is 16.2. The first-order chi connectivity index (χ1) is 8.79. The zero-order chi connectivity index (χ0) is 14.7. The summed E-state index contributed by atoms with van der Waals surface area (Å²) in [5.41, 5.74) is 0.000535. The van der Waals surface area contributed by atoms with Gasteiger partial charge in [-0.1, -0.05) is 37.6 Å². The van der Waals surface area contributed by atoms with Crippen LogP contribution in [0.15, 0.2) is 23.8 Å². The van der Waals surface area contributed by atoms with Gasteiger partial charge < -0.3 is 14.5 Å². The standard InChI is InChI=1S/C13H21O5P/c1-4-10-6-7-13(5-2,12(14)18-3)11(8-10)9-19(15,16)17/h6-8,11H,4-5,9H2,1-3H3,(H2,15,16,17). The van der Waals surface area contributed by atoms with Crippen molar-refractivity contribution in [1.29, 1.82) is 0 Å². The molecule has 0 aliphatic heterocycles. The van der Waals surface area contributed by atoms with Gasteiger partial charge in [-0.2, -0.15) is 0 Å². The van der Waals surface area contributed by atoms with Gasteiger partial charge in [0.25, 0.3) is 0 Å². The molecule has 0 saturated heterocycles. The lowest BCUT2D eigenvalue weighted by Gasteiger charge is -2.36. The number of esters is 1. The Balaban J connectivity index is 3.21. The van der Waals surface area contributed by atoms with Crippen LogP contribution in [0.25, 0.3) is 0 Å². The van der Waals surface area contributed by atoms with Crippen LogP contribution < -0.4 is 0 Å². The van der Waals surface area contributed by atoms with Crippen molar-refractivity contribution in [3.8, 4) is 0 Å². The van der Waals surface area contributed by atoms with E-state index in [9.17, 15) is 19.1 Å². The zero-order valence-corrected chi connectivity index (χ0v) is 12.4. The lowest BCUT2D eigenvalue weighted by molar-refractivity contribution is -0.151. The number of allylic oxidation sites excluding steroid dienone is 3. The predicted octanol–water partition coefficient (Wildman–Crippen LogP) is 2.26. The fourth-order valence-corrected chi connectivity index (χ4v) is 3.43. The zero-order valence-electron chi connectivity index (χ0n) is 11.5. The van der Waals surface area contributed by atoms with Crippen molar-refractivity contribution >= 4 is 13.6 Å². The number of carbonyl (C=O) groups excluding carboxylic acids is 1. The molecule has 0 saturated carbocycles. The highest BCUT2D eigenvalue weighted by atomic mass is 31.2. The maximum atomic E-state index is 12.1. The van der Waals surface area contributed by atoms with Gasteiger partial charge >= 0.3 is 13.6 Å². The lowest BCUT2D eigenvalue weighted by Crippen LogP contribution is -2.40. The molecule has 0 aromatic heterocycles. The number of methoxy groups -OCH3 is 1. The molecule has 0 aromatic carbocycles. The highest BCUT2D eigenvalue weighted by Crippen LogP contribution is 2.48. The van der Waals surface area contributed by atoms with Gasteiger partial charge in [-0.3, -0.25) is 9.36 Å². The van der Waals surface area contributed by atoms with Crippen molar-refractivity contribution < 1.29 is 23.9 Å². The van der Waals surface area contributed by atoms with E-state index in [-0.39, 0.29) is 6.16 Å². The second-order valence-electron chi connectivity index (χ2n) is 4.77. The highest BCUT2D eigenvalue weighted by molar-refractivity contribution is 7.51. The second kappa shape index (κ2) is 6.04. The van der Waals surface area contributed by atoms with Crippen LogP contribution in [0.5, 0.6) is 0 Å². The van der Waals surface area contributed by atoms with Gasteiger partial charge in [0.2, 0.25) is 0 Å². The average Bonchev–Trinajstić information content (AvgIpc) is 2.36. The Morgan fingerprint density at radius 3 is 2.53 bits per heavy atom. The summed E-state index contributed by atoms with van der Waals surface area (Å²) in [7, 11) is -2.91. The van der Waals surface area contributed by atoms with E-state index in [1.165, 1.54) is 7.11 Å². The summed E-state index contributed by atoms with van der Waals surface area (Å²) in [6.07, 6.45) is 6.22. The first-order valence-corrected chi connectivity index (χ1v) is 8.11. The van der Waals surface area contributed by atoms with Crippen LogP contribution in [0.1, 0.15) is 26.7 Å². The molecule has 0 spiro atoms. The van der Waals surface area contributed by atoms with Gasteiger partial charge in [-0.15, -0.1) is 0 Å². The lowest BCUT2D eigenvalue weighted by atomic mass is 9.70. The topological polar surface area (TPSA) is 83.8 Å². The summed E-state index contributed by atoms with van der Waals surface area (Å²) in [6.45, 7) is 3.78. The van der Waals surface area contributed by atoms with Gasteiger partial charge in [-0.25, -0.2) is 0 Å². The minimum Gasteiger partial charge on any atom is -0.468 e. The van der Waals surface area contributed by atoms with E-state index in [1.54, 1.807) is 12.2 Å². The number of carbonyl (C=O) groups is 1. The van der Waals surface area contributed by atoms with Crippen LogP contribution >= 0.6 is 7.60 Å². The molecule has 108 valence electrons. The third kappa shape index (κ3) is 3.56. The Kier molecular flexibility index (Phi) is 5.13. The Bertz CT molecular complexity index is 448. The average molecular weight is 288 g/mol. The van der Waals surface area contributed by atoms with E-state index < -0.39 is 24.9 Å². The van der Waals surface area contributed by atoms with Crippen molar-refractivity contribution in [2.45, 2.75) is 26.7 Å². The number of hydrogen-bond donors (Lipinski definition) is 2.